The zero-order chi connectivity index (χ0) is 14.4. The molecule has 2 aromatic heterocycles. The zero-order valence-corrected chi connectivity index (χ0v) is 11.8. The molecule has 5 nitrogen and oxygen atoms in total. The molecular weight excluding hydrogens is 256 g/mol. The van der Waals surface area contributed by atoms with E-state index in [0.717, 1.165) is 11.5 Å². The summed E-state index contributed by atoms with van der Waals surface area (Å²) < 4.78 is 10.5. The number of amides is 2. The van der Waals surface area contributed by atoms with Crippen LogP contribution in [0.1, 0.15) is 25.4 Å². The highest BCUT2D eigenvalue weighted by molar-refractivity contribution is 5.74. The third-order valence-corrected chi connectivity index (χ3v) is 2.93. The summed E-state index contributed by atoms with van der Waals surface area (Å²) in [6.45, 7) is 3.89. The Morgan fingerprint density at radius 1 is 1.00 bits per heavy atom. The first-order valence-corrected chi connectivity index (χ1v) is 6.75. The second-order valence-electron chi connectivity index (χ2n) is 4.99. The van der Waals surface area contributed by atoms with Crippen LogP contribution in [0.4, 0.5) is 4.79 Å². The van der Waals surface area contributed by atoms with Gasteiger partial charge in [0.25, 0.3) is 0 Å². The number of carbonyl (C=O) groups is 1. The molecule has 20 heavy (non-hydrogen) atoms. The van der Waals surface area contributed by atoms with Gasteiger partial charge in [-0.3, -0.25) is 0 Å². The summed E-state index contributed by atoms with van der Waals surface area (Å²) in [6, 6.07) is 7.32. The first kappa shape index (κ1) is 14.2. The quantitative estimate of drug-likeness (QED) is 0.852. The standard InChI is InChI=1S/C15H20N2O3/c1-11(9-13-5-3-7-19-13)16-15(18)17-12(2)10-14-6-4-8-20-14/h3-8,11-12H,9-10H2,1-2H3,(H2,16,17,18)/t11-,12-/m1/s1. The van der Waals surface area contributed by atoms with Crippen molar-refractivity contribution in [3.63, 3.8) is 0 Å². The lowest BCUT2D eigenvalue weighted by Crippen LogP contribution is -2.45. The average molecular weight is 276 g/mol. The van der Waals surface area contributed by atoms with Crippen molar-refractivity contribution >= 4 is 6.03 Å². The van der Waals surface area contributed by atoms with Crippen LogP contribution in [0.2, 0.25) is 0 Å². The van der Waals surface area contributed by atoms with Crippen LogP contribution in [0.5, 0.6) is 0 Å². The van der Waals surface area contributed by atoms with Crippen molar-refractivity contribution in [2.45, 2.75) is 38.8 Å². The molecule has 0 bridgehead atoms. The van der Waals surface area contributed by atoms with E-state index in [2.05, 4.69) is 10.6 Å². The van der Waals surface area contributed by atoms with Crippen LogP contribution in [-0.2, 0) is 12.8 Å². The fourth-order valence-electron chi connectivity index (χ4n) is 2.05. The highest BCUT2D eigenvalue weighted by Gasteiger charge is 2.12. The maximum Gasteiger partial charge on any atom is 0.315 e. The van der Waals surface area contributed by atoms with Crippen LogP contribution in [0.3, 0.4) is 0 Å². The number of nitrogens with one attached hydrogen (secondary N) is 2. The Labute approximate surface area is 118 Å². The summed E-state index contributed by atoms with van der Waals surface area (Å²) in [5, 5.41) is 5.78. The van der Waals surface area contributed by atoms with Crippen LogP contribution >= 0.6 is 0 Å². The summed E-state index contributed by atoms with van der Waals surface area (Å²) in [4.78, 5) is 11.8. The van der Waals surface area contributed by atoms with E-state index in [-0.39, 0.29) is 18.1 Å². The lowest BCUT2D eigenvalue weighted by Gasteiger charge is -2.17. The van der Waals surface area contributed by atoms with Gasteiger partial charge in [-0.25, -0.2) is 4.79 Å². The summed E-state index contributed by atoms with van der Waals surface area (Å²) in [5.74, 6) is 1.72. The fourth-order valence-corrected chi connectivity index (χ4v) is 2.05. The Bertz CT molecular complexity index is 459. The minimum Gasteiger partial charge on any atom is -0.469 e. The third kappa shape index (κ3) is 4.50. The zero-order valence-electron chi connectivity index (χ0n) is 11.8. The van der Waals surface area contributed by atoms with Crippen LogP contribution in [0.15, 0.2) is 45.6 Å². The van der Waals surface area contributed by atoms with Gasteiger partial charge in [0.15, 0.2) is 0 Å². The van der Waals surface area contributed by atoms with Crippen LogP contribution < -0.4 is 10.6 Å². The molecule has 2 atom stereocenters. The summed E-state index contributed by atoms with van der Waals surface area (Å²) in [5.41, 5.74) is 0. The van der Waals surface area contributed by atoms with Crippen molar-refractivity contribution < 1.29 is 13.6 Å². The van der Waals surface area contributed by atoms with Gasteiger partial charge in [0.1, 0.15) is 11.5 Å². The van der Waals surface area contributed by atoms with Crippen molar-refractivity contribution in [1.29, 1.82) is 0 Å². The van der Waals surface area contributed by atoms with Gasteiger partial charge in [-0.05, 0) is 38.1 Å². The van der Waals surface area contributed by atoms with Crippen molar-refractivity contribution in [2.75, 3.05) is 0 Å². The molecule has 0 unspecified atom stereocenters. The Kier molecular flexibility index (Phi) is 4.87. The van der Waals surface area contributed by atoms with E-state index in [1.165, 1.54) is 0 Å². The molecule has 2 heterocycles. The molecule has 2 amide bonds. The lowest BCUT2D eigenvalue weighted by atomic mass is 10.2. The van der Waals surface area contributed by atoms with Gasteiger partial charge in [-0.1, -0.05) is 0 Å². The number of hydrogen-bond acceptors (Lipinski definition) is 3. The van der Waals surface area contributed by atoms with E-state index < -0.39 is 0 Å². The normalized spacial score (nSPS) is 13.7. The predicted octanol–water partition coefficient (Wildman–Crippen LogP) is 2.73. The van der Waals surface area contributed by atoms with E-state index in [4.69, 9.17) is 8.83 Å². The summed E-state index contributed by atoms with van der Waals surface area (Å²) >= 11 is 0. The smallest absolute Gasteiger partial charge is 0.315 e. The van der Waals surface area contributed by atoms with Crippen LogP contribution in [0.25, 0.3) is 0 Å². The number of rotatable bonds is 6. The van der Waals surface area contributed by atoms with Gasteiger partial charge in [-0.15, -0.1) is 0 Å². The average Bonchev–Trinajstić information content (AvgIpc) is 3.01. The van der Waals surface area contributed by atoms with Gasteiger partial charge < -0.3 is 19.5 Å². The van der Waals surface area contributed by atoms with Gasteiger partial charge in [0.05, 0.1) is 12.5 Å². The molecule has 0 aliphatic rings. The topological polar surface area (TPSA) is 67.4 Å². The molecule has 108 valence electrons. The lowest BCUT2D eigenvalue weighted by molar-refractivity contribution is 0.233. The van der Waals surface area contributed by atoms with Gasteiger partial charge in [0, 0.05) is 24.9 Å². The van der Waals surface area contributed by atoms with E-state index in [1.807, 2.05) is 38.1 Å². The first-order valence-electron chi connectivity index (χ1n) is 6.75. The molecule has 5 heteroatoms. The number of carbonyl (C=O) groups excluding carboxylic acids is 1. The van der Waals surface area contributed by atoms with E-state index in [9.17, 15) is 4.79 Å². The monoisotopic (exact) mass is 276 g/mol. The molecule has 0 radical (unpaired) electrons. The van der Waals surface area contributed by atoms with Gasteiger partial charge in [-0.2, -0.15) is 0 Å². The SMILES string of the molecule is C[C@H](Cc1ccco1)NC(=O)N[C@H](C)Cc1ccco1. The largest absolute Gasteiger partial charge is 0.469 e. The predicted molar refractivity (Wildman–Crippen MR) is 75.4 cm³/mol. The highest BCUT2D eigenvalue weighted by atomic mass is 16.3. The minimum atomic E-state index is -0.178. The van der Waals surface area contributed by atoms with E-state index in [1.54, 1.807) is 12.5 Å². The molecule has 0 saturated heterocycles. The molecule has 0 fully saturated rings. The Hall–Kier alpha value is -2.17. The second kappa shape index (κ2) is 6.84. The molecule has 2 N–H and O–H groups in total. The fraction of sp³-hybridized carbons (Fsp3) is 0.400. The van der Waals surface area contributed by atoms with E-state index >= 15 is 0 Å². The molecule has 0 aromatic carbocycles. The van der Waals surface area contributed by atoms with Crippen molar-refractivity contribution in [3.8, 4) is 0 Å². The molecule has 0 spiro atoms. The number of furan rings is 2. The molecule has 0 saturated carbocycles. The van der Waals surface area contributed by atoms with Gasteiger partial charge >= 0.3 is 6.03 Å². The first-order chi connectivity index (χ1) is 9.63. The molecule has 0 aliphatic carbocycles. The molecule has 2 aromatic rings. The number of hydrogen-bond donors (Lipinski definition) is 2. The molecular formula is C15H20N2O3. The maximum absolute atomic E-state index is 11.8. The van der Waals surface area contributed by atoms with Crippen molar-refractivity contribution in [1.82, 2.24) is 10.6 Å². The Balaban J connectivity index is 1.71. The molecule has 0 aliphatic heterocycles. The maximum atomic E-state index is 11.8. The second-order valence-corrected chi connectivity index (χ2v) is 4.99. The third-order valence-electron chi connectivity index (χ3n) is 2.93. The van der Waals surface area contributed by atoms with Crippen molar-refractivity contribution in [2.24, 2.45) is 0 Å². The number of urea groups is 1. The van der Waals surface area contributed by atoms with Crippen LogP contribution in [-0.4, -0.2) is 18.1 Å². The van der Waals surface area contributed by atoms with Gasteiger partial charge in [0.2, 0.25) is 0 Å². The summed E-state index contributed by atoms with van der Waals surface area (Å²) in [6.07, 6.45) is 4.61. The Morgan fingerprint density at radius 2 is 1.45 bits per heavy atom. The highest BCUT2D eigenvalue weighted by Crippen LogP contribution is 2.05. The van der Waals surface area contributed by atoms with Crippen molar-refractivity contribution in [3.05, 3.63) is 48.3 Å². The van der Waals surface area contributed by atoms with Crippen LogP contribution in [0, 0.1) is 0 Å². The summed E-state index contributed by atoms with van der Waals surface area (Å²) in [7, 11) is 0. The minimum absolute atomic E-state index is 0.0111. The van der Waals surface area contributed by atoms with E-state index in [0.29, 0.717) is 12.8 Å². The Morgan fingerprint density at radius 3 is 1.80 bits per heavy atom. The molecule has 2 rings (SSSR count).